The minimum atomic E-state index is -5.40. The highest BCUT2D eigenvalue weighted by atomic mass is 19.4. The van der Waals surface area contributed by atoms with Crippen molar-refractivity contribution in [3.63, 3.8) is 0 Å². The summed E-state index contributed by atoms with van der Waals surface area (Å²) in [5.41, 5.74) is -8.25. The number of hydrogen-bond acceptors (Lipinski definition) is 5. The van der Waals surface area contributed by atoms with Gasteiger partial charge in [-0.1, -0.05) is 0 Å². The van der Waals surface area contributed by atoms with Crippen LogP contribution in [-0.2, 0) is 32.3 Å². The monoisotopic (exact) mass is 493 g/mol. The fourth-order valence-electron chi connectivity index (χ4n) is 2.47. The summed E-state index contributed by atoms with van der Waals surface area (Å²) in [7, 11) is 0. The number of amides is 1. The second kappa shape index (κ2) is 8.96. The molecule has 2 N–H and O–H groups in total. The molecule has 1 heterocycles. The van der Waals surface area contributed by atoms with Crippen molar-refractivity contribution < 1.29 is 63.4 Å². The Morgan fingerprint density at radius 2 is 1.48 bits per heavy atom. The van der Waals surface area contributed by atoms with Gasteiger partial charge < -0.3 is 19.6 Å². The van der Waals surface area contributed by atoms with E-state index < -0.39 is 71.6 Å². The largest absolute Gasteiger partial charge is 0.466 e. The molecule has 33 heavy (non-hydrogen) atoms. The number of alkyl halides is 9. The van der Waals surface area contributed by atoms with E-state index in [2.05, 4.69) is 9.15 Å². The van der Waals surface area contributed by atoms with Crippen molar-refractivity contribution in [3.05, 3.63) is 53.5 Å². The Kier molecular flexibility index (Phi) is 7.06. The van der Waals surface area contributed by atoms with Crippen LogP contribution < -0.4 is 5.32 Å². The Bertz CT molecular complexity index is 964. The third kappa shape index (κ3) is 6.40. The zero-order chi connectivity index (χ0) is 25.2. The summed E-state index contributed by atoms with van der Waals surface area (Å²) in [6.07, 6.45) is -16.8. The smallest absolute Gasteiger partial charge is 0.425 e. The Hall–Kier alpha value is -3.23. The van der Waals surface area contributed by atoms with Crippen molar-refractivity contribution in [2.45, 2.75) is 30.6 Å². The van der Waals surface area contributed by atoms with Crippen LogP contribution in [0.5, 0.6) is 0 Å². The summed E-state index contributed by atoms with van der Waals surface area (Å²) < 4.78 is 125. The molecule has 0 saturated carbocycles. The molecule has 182 valence electrons. The molecule has 0 aliphatic carbocycles. The van der Waals surface area contributed by atoms with Crippen molar-refractivity contribution >= 4 is 17.6 Å². The lowest BCUT2D eigenvalue weighted by Crippen LogP contribution is -2.44. The zero-order valence-corrected chi connectivity index (χ0v) is 15.9. The molecule has 2 aromatic rings. The molecule has 0 bridgehead atoms. The number of carbonyl (C=O) groups excluding carboxylic acids is 2. The predicted octanol–water partition coefficient (Wildman–Crippen LogP) is 4.64. The van der Waals surface area contributed by atoms with Gasteiger partial charge in [-0.05, 0) is 30.3 Å². The van der Waals surface area contributed by atoms with Gasteiger partial charge in [0.15, 0.2) is 6.61 Å². The lowest BCUT2D eigenvalue weighted by molar-refractivity contribution is -0.275. The molecule has 1 atom stereocenters. The first kappa shape index (κ1) is 26.0. The van der Waals surface area contributed by atoms with Gasteiger partial charge >= 0.3 is 24.5 Å². The molecule has 0 saturated heterocycles. The van der Waals surface area contributed by atoms with Gasteiger partial charge in [0, 0.05) is 5.69 Å². The minimum Gasteiger partial charge on any atom is -0.466 e. The first-order chi connectivity index (χ1) is 14.9. The van der Waals surface area contributed by atoms with Crippen molar-refractivity contribution in [2.24, 2.45) is 0 Å². The van der Waals surface area contributed by atoms with Crippen LogP contribution in [0.2, 0.25) is 0 Å². The van der Waals surface area contributed by atoms with E-state index in [1.165, 1.54) is 0 Å². The van der Waals surface area contributed by atoms with E-state index in [0.29, 0.717) is 0 Å². The Labute approximate surface area is 177 Å². The van der Waals surface area contributed by atoms with Gasteiger partial charge in [0.1, 0.15) is 5.76 Å². The highest BCUT2D eigenvalue weighted by Gasteiger charge is 2.58. The minimum absolute atomic E-state index is 0.175. The van der Waals surface area contributed by atoms with E-state index in [9.17, 15) is 54.2 Å². The molecule has 0 radical (unpaired) electrons. The van der Waals surface area contributed by atoms with E-state index in [1.54, 1.807) is 5.32 Å². The number of furan rings is 1. The number of esters is 1. The van der Waals surface area contributed by atoms with Crippen LogP contribution in [0.25, 0.3) is 0 Å². The molecule has 0 aliphatic heterocycles. The number of ether oxygens (including phenoxy) is 1. The highest BCUT2D eigenvalue weighted by Crippen LogP contribution is 2.42. The van der Waals surface area contributed by atoms with Crippen LogP contribution in [-0.4, -0.2) is 29.8 Å². The standard InChI is InChI=1S/C18H12F9NO5/c19-16(20,21)9-4-10(17(22,23)24)6-11(5-9)28-13(29)8-33-14(30)7-15(31,18(25,26)27)12-2-1-3-32-12/h1-6,31H,7-8H2,(H,28,29)/t15-/m1/s1. The van der Waals surface area contributed by atoms with Crippen molar-refractivity contribution in [3.8, 4) is 0 Å². The summed E-state index contributed by atoms with van der Waals surface area (Å²) in [6.45, 7) is -1.37. The summed E-state index contributed by atoms with van der Waals surface area (Å²) >= 11 is 0. The van der Waals surface area contributed by atoms with Gasteiger partial charge in [-0.25, -0.2) is 0 Å². The molecule has 1 amide bonds. The van der Waals surface area contributed by atoms with Gasteiger partial charge in [-0.2, -0.15) is 39.5 Å². The van der Waals surface area contributed by atoms with Crippen molar-refractivity contribution in [1.82, 2.24) is 0 Å². The van der Waals surface area contributed by atoms with E-state index in [4.69, 9.17) is 0 Å². The summed E-state index contributed by atoms with van der Waals surface area (Å²) in [4.78, 5) is 23.5. The molecule has 2 rings (SSSR count). The molecule has 1 aromatic heterocycles. The number of aliphatic hydroxyl groups is 1. The number of nitrogens with one attached hydrogen (secondary N) is 1. The van der Waals surface area contributed by atoms with Crippen LogP contribution >= 0.6 is 0 Å². The molecule has 0 aliphatic rings. The Morgan fingerprint density at radius 3 is 1.91 bits per heavy atom. The SMILES string of the molecule is O=C(COC(=O)C[C@@](O)(c1ccco1)C(F)(F)F)Nc1cc(C(F)(F)F)cc(C(F)(F)F)c1. The van der Waals surface area contributed by atoms with Crippen LogP contribution in [0.4, 0.5) is 45.2 Å². The van der Waals surface area contributed by atoms with Crippen molar-refractivity contribution in [1.29, 1.82) is 0 Å². The van der Waals surface area contributed by atoms with Gasteiger partial charge in [0.05, 0.1) is 23.8 Å². The van der Waals surface area contributed by atoms with Crippen LogP contribution in [0.1, 0.15) is 23.3 Å². The van der Waals surface area contributed by atoms with E-state index in [-0.39, 0.29) is 18.2 Å². The zero-order valence-electron chi connectivity index (χ0n) is 15.9. The predicted molar refractivity (Wildman–Crippen MR) is 89.3 cm³/mol. The van der Waals surface area contributed by atoms with E-state index >= 15 is 0 Å². The van der Waals surface area contributed by atoms with Gasteiger partial charge in [0.2, 0.25) is 5.60 Å². The first-order valence-corrected chi connectivity index (χ1v) is 8.51. The number of rotatable bonds is 6. The van der Waals surface area contributed by atoms with E-state index in [0.717, 1.165) is 18.4 Å². The second-order valence-corrected chi connectivity index (χ2v) is 6.52. The average Bonchev–Trinajstić information content (AvgIpc) is 3.19. The number of halogens is 9. The molecular formula is C18H12F9NO5. The van der Waals surface area contributed by atoms with Crippen LogP contribution in [0.15, 0.2) is 41.0 Å². The molecule has 1 aromatic carbocycles. The quantitative estimate of drug-likeness (QED) is 0.452. The molecule has 6 nitrogen and oxygen atoms in total. The molecule has 0 spiro atoms. The van der Waals surface area contributed by atoms with E-state index in [1.807, 2.05) is 0 Å². The van der Waals surface area contributed by atoms with Gasteiger partial charge in [-0.15, -0.1) is 0 Å². The number of benzene rings is 1. The maximum Gasteiger partial charge on any atom is 0.425 e. The topological polar surface area (TPSA) is 88.8 Å². The Morgan fingerprint density at radius 1 is 0.939 bits per heavy atom. The lowest BCUT2D eigenvalue weighted by atomic mass is 9.96. The summed E-state index contributed by atoms with van der Waals surface area (Å²) in [5, 5.41) is 11.5. The lowest BCUT2D eigenvalue weighted by Gasteiger charge is -2.27. The summed E-state index contributed by atoms with van der Waals surface area (Å²) in [5.74, 6) is -4.27. The van der Waals surface area contributed by atoms with Gasteiger partial charge in [-0.3, -0.25) is 9.59 Å². The molecule has 15 heteroatoms. The van der Waals surface area contributed by atoms with Crippen LogP contribution in [0, 0.1) is 0 Å². The maximum absolute atomic E-state index is 13.2. The van der Waals surface area contributed by atoms with Crippen molar-refractivity contribution in [2.75, 3.05) is 11.9 Å². The fourth-order valence-corrected chi connectivity index (χ4v) is 2.47. The number of hydrogen-bond donors (Lipinski definition) is 2. The average molecular weight is 493 g/mol. The maximum atomic E-state index is 13.2. The second-order valence-electron chi connectivity index (χ2n) is 6.52. The van der Waals surface area contributed by atoms with Crippen LogP contribution in [0.3, 0.4) is 0 Å². The highest BCUT2D eigenvalue weighted by molar-refractivity contribution is 5.93. The molecule has 0 fully saturated rings. The fraction of sp³-hybridized carbons (Fsp3) is 0.333. The van der Waals surface area contributed by atoms with Gasteiger partial charge in [0.25, 0.3) is 5.91 Å². The normalized spacial score (nSPS) is 14.5. The third-order valence-electron chi connectivity index (χ3n) is 4.03. The number of carbonyl (C=O) groups is 2. The summed E-state index contributed by atoms with van der Waals surface area (Å²) in [6, 6.07) is 1.87. The Balaban J connectivity index is 2.10. The number of anilines is 1. The molecular weight excluding hydrogens is 481 g/mol. The third-order valence-corrected chi connectivity index (χ3v) is 4.03. The molecule has 0 unspecified atom stereocenters. The first-order valence-electron chi connectivity index (χ1n) is 8.51.